The molecule has 0 bridgehead atoms. The molecule has 0 unspecified atom stereocenters. The van der Waals surface area contributed by atoms with Crippen molar-refractivity contribution in [3.63, 3.8) is 0 Å². The molecule has 2 rings (SSSR count). The number of aryl methyl sites for hydroxylation is 1. The Morgan fingerprint density at radius 2 is 1.84 bits per heavy atom. The highest BCUT2D eigenvalue weighted by atomic mass is 35.5. The zero-order valence-corrected chi connectivity index (χ0v) is 12.8. The van der Waals surface area contributed by atoms with Gasteiger partial charge >= 0.3 is 0 Å². The molecular weight excluding hydrogens is 330 g/mol. The summed E-state index contributed by atoms with van der Waals surface area (Å²) >= 11 is 23.9. The van der Waals surface area contributed by atoms with Crippen molar-refractivity contribution < 1.29 is 9.21 Å². The van der Waals surface area contributed by atoms with E-state index in [0.29, 0.717) is 17.7 Å². The molecule has 2 nitrogen and oxygen atoms in total. The molecule has 0 spiro atoms. The highest BCUT2D eigenvalue weighted by Gasteiger charge is 2.23. The van der Waals surface area contributed by atoms with Crippen LogP contribution in [0.1, 0.15) is 28.6 Å². The quantitative estimate of drug-likeness (QED) is 0.409. The summed E-state index contributed by atoms with van der Waals surface area (Å²) in [6.07, 6.45) is 2.04. The summed E-state index contributed by atoms with van der Waals surface area (Å²) in [5.41, 5.74) is 0.554. The van der Waals surface area contributed by atoms with Crippen molar-refractivity contribution in [2.45, 2.75) is 13.3 Å². The minimum Gasteiger partial charge on any atom is -0.469 e. The third kappa shape index (κ3) is 2.63. The first-order chi connectivity index (χ1) is 8.97. The molecule has 0 aliphatic carbocycles. The number of hydrogen-bond acceptors (Lipinski definition) is 2. The SMILES string of the molecule is CCc1occc1C(=O)c1c(Cl)cc(Cl)c(Cl)c1Cl. The number of carbonyl (C=O) groups excluding carboxylic acids is 1. The summed E-state index contributed by atoms with van der Waals surface area (Å²) in [6.45, 7) is 1.88. The number of hydrogen-bond donors (Lipinski definition) is 0. The molecular formula is C13H8Cl4O2. The molecule has 0 aliphatic rings. The van der Waals surface area contributed by atoms with Gasteiger partial charge in [0.15, 0.2) is 5.78 Å². The Labute approximate surface area is 130 Å². The lowest BCUT2D eigenvalue weighted by Gasteiger charge is -2.09. The normalized spacial score (nSPS) is 10.8. The van der Waals surface area contributed by atoms with E-state index in [4.69, 9.17) is 50.8 Å². The average Bonchev–Trinajstić information content (AvgIpc) is 2.84. The van der Waals surface area contributed by atoms with Gasteiger partial charge in [-0.1, -0.05) is 53.3 Å². The third-order valence-corrected chi connectivity index (χ3v) is 4.21. The van der Waals surface area contributed by atoms with Gasteiger partial charge in [0.25, 0.3) is 0 Å². The summed E-state index contributed by atoms with van der Waals surface area (Å²) < 4.78 is 5.22. The molecule has 6 heteroatoms. The van der Waals surface area contributed by atoms with Gasteiger partial charge in [0.05, 0.1) is 37.5 Å². The monoisotopic (exact) mass is 336 g/mol. The zero-order valence-electron chi connectivity index (χ0n) is 9.77. The molecule has 0 saturated carbocycles. The van der Waals surface area contributed by atoms with E-state index in [1.807, 2.05) is 6.92 Å². The lowest BCUT2D eigenvalue weighted by molar-refractivity contribution is 0.103. The molecule has 100 valence electrons. The molecule has 0 atom stereocenters. The van der Waals surface area contributed by atoms with Crippen molar-refractivity contribution >= 4 is 52.2 Å². The van der Waals surface area contributed by atoms with Crippen molar-refractivity contribution in [1.29, 1.82) is 0 Å². The van der Waals surface area contributed by atoms with Crippen LogP contribution >= 0.6 is 46.4 Å². The first-order valence-corrected chi connectivity index (χ1v) is 6.92. The Kier molecular flexibility index (Phi) is 4.46. The van der Waals surface area contributed by atoms with Crippen molar-refractivity contribution in [3.05, 3.63) is 55.4 Å². The number of ketones is 1. The maximum atomic E-state index is 12.5. The van der Waals surface area contributed by atoms with Gasteiger partial charge in [0.1, 0.15) is 5.76 Å². The van der Waals surface area contributed by atoms with E-state index >= 15 is 0 Å². The smallest absolute Gasteiger partial charge is 0.199 e. The van der Waals surface area contributed by atoms with Crippen LogP contribution in [0.15, 0.2) is 22.8 Å². The van der Waals surface area contributed by atoms with Crippen LogP contribution in [0.5, 0.6) is 0 Å². The molecule has 2 aromatic rings. The van der Waals surface area contributed by atoms with Crippen LogP contribution in [-0.4, -0.2) is 5.78 Å². The van der Waals surface area contributed by atoms with E-state index in [9.17, 15) is 4.79 Å². The van der Waals surface area contributed by atoms with Gasteiger partial charge in [-0.05, 0) is 12.1 Å². The Hall–Kier alpha value is -0.670. The van der Waals surface area contributed by atoms with E-state index in [1.54, 1.807) is 6.07 Å². The van der Waals surface area contributed by atoms with E-state index in [0.717, 1.165) is 0 Å². The highest BCUT2D eigenvalue weighted by Crippen LogP contribution is 2.38. The largest absolute Gasteiger partial charge is 0.469 e. The minimum atomic E-state index is -0.334. The average molecular weight is 338 g/mol. The van der Waals surface area contributed by atoms with Gasteiger partial charge in [0, 0.05) is 6.42 Å². The molecule has 0 aliphatic heterocycles. The van der Waals surface area contributed by atoms with Gasteiger partial charge in [-0.25, -0.2) is 0 Å². The summed E-state index contributed by atoms with van der Waals surface area (Å²) in [7, 11) is 0. The predicted octanol–water partition coefficient (Wildman–Crippen LogP) is 5.69. The van der Waals surface area contributed by atoms with Crippen LogP contribution < -0.4 is 0 Å². The van der Waals surface area contributed by atoms with E-state index in [1.165, 1.54) is 12.3 Å². The molecule has 1 aromatic heterocycles. The van der Waals surface area contributed by atoms with Crippen LogP contribution in [0.25, 0.3) is 0 Å². The first-order valence-electron chi connectivity index (χ1n) is 5.41. The van der Waals surface area contributed by atoms with Crippen molar-refractivity contribution in [1.82, 2.24) is 0 Å². The van der Waals surface area contributed by atoms with Crippen LogP contribution in [0.2, 0.25) is 20.1 Å². The Morgan fingerprint density at radius 3 is 2.47 bits per heavy atom. The number of rotatable bonds is 3. The minimum absolute atomic E-state index is 0.0485. The van der Waals surface area contributed by atoms with Crippen LogP contribution in [0, 0.1) is 0 Å². The van der Waals surface area contributed by atoms with Gasteiger partial charge in [-0.15, -0.1) is 0 Å². The van der Waals surface area contributed by atoms with E-state index in [2.05, 4.69) is 0 Å². The summed E-state index contributed by atoms with van der Waals surface area (Å²) in [5.74, 6) is 0.238. The summed E-state index contributed by atoms with van der Waals surface area (Å²) in [6, 6.07) is 2.98. The molecule has 19 heavy (non-hydrogen) atoms. The number of benzene rings is 1. The molecule has 1 aromatic carbocycles. The second kappa shape index (κ2) is 5.76. The van der Waals surface area contributed by atoms with Gasteiger partial charge in [-0.2, -0.15) is 0 Å². The number of furan rings is 1. The molecule has 0 N–H and O–H groups in total. The lowest BCUT2D eigenvalue weighted by atomic mass is 10.0. The molecule has 1 heterocycles. The van der Waals surface area contributed by atoms with Crippen LogP contribution in [-0.2, 0) is 6.42 Å². The fourth-order valence-electron chi connectivity index (χ4n) is 1.73. The maximum absolute atomic E-state index is 12.5. The van der Waals surface area contributed by atoms with Crippen molar-refractivity contribution in [3.8, 4) is 0 Å². The lowest BCUT2D eigenvalue weighted by Crippen LogP contribution is -2.05. The first kappa shape index (κ1) is 14.7. The Morgan fingerprint density at radius 1 is 1.16 bits per heavy atom. The zero-order chi connectivity index (χ0) is 14.2. The topological polar surface area (TPSA) is 30.2 Å². The molecule has 0 fully saturated rings. The second-order valence-electron chi connectivity index (χ2n) is 3.78. The van der Waals surface area contributed by atoms with E-state index in [-0.39, 0.29) is 31.4 Å². The van der Waals surface area contributed by atoms with Crippen LogP contribution in [0.4, 0.5) is 0 Å². The second-order valence-corrected chi connectivity index (χ2v) is 5.35. The van der Waals surface area contributed by atoms with Crippen molar-refractivity contribution in [2.24, 2.45) is 0 Å². The van der Waals surface area contributed by atoms with Gasteiger partial charge in [0.2, 0.25) is 0 Å². The summed E-state index contributed by atoms with van der Waals surface area (Å²) in [5, 5.41) is 0.522. The Balaban J connectivity index is 2.60. The van der Waals surface area contributed by atoms with Gasteiger partial charge in [-0.3, -0.25) is 4.79 Å². The predicted molar refractivity (Wildman–Crippen MR) is 78.0 cm³/mol. The molecule has 0 saturated heterocycles. The van der Waals surface area contributed by atoms with Gasteiger partial charge < -0.3 is 4.42 Å². The number of halogens is 4. The maximum Gasteiger partial charge on any atom is 0.199 e. The fraction of sp³-hybridized carbons (Fsp3) is 0.154. The Bertz CT molecular complexity index is 646. The number of carbonyl (C=O) groups is 1. The van der Waals surface area contributed by atoms with Crippen molar-refractivity contribution in [2.75, 3.05) is 0 Å². The highest BCUT2D eigenvalue weighted by molar-refractivity contribution is 6.51. The molecule has 0 radical (unpaired) electrons. The van der Waals surface area contributed by atoms with E-state index < -0.39 is 0 Å². The molecule has 0 amide bonds. The fourth-order valence-corrected chi connectivity index (χ4v) is 2.81. The standard InChI is InChI=1S/C13H8Cl4O2/c1-2-9-6(3-4-19-9)13(18)10-7(14)5-8(15)11(16)12(10)17/h3-5H,2H2,1H3. The third-order valence-electron chi connectivity index (χ3n) is 2.65. The van der Waals surface area contributed by atoms with Crippen LogP contribution in [0.3, 0.4) is 0 Å². The summed E-state index contributed by atoms with van der Waals surface area (Å²) in [4.78, 5) is 12.5.